The third-order valence-electron chi connectivity index (χ3n) is 4.71. The quantitative estimate of drug-likeness (QED) is 0.542. The zero-order valence-corrected chi connectivity index (χ0v) is 18.3. The van der Waals surface area contributed by atoms with Gasteiger partial charge in [-0.2, -0.15) is 0 Å². The molecule has 2 heterocycles. The van der Waals surface area contributed by atoms with Crippen molar-refractivity contribution >= 4 is 53.2 Å². The summed E-state index contributed by atoms with van der Waals surface area (Å²) in [6.45, 7) is 3.01. The van der Waals surface area contributed by atoms with E-state index in [-0.39, 0.29) is 28.9 Å². The van der Waals surface area contributed by atoms with Gasteiger partial charge < -0.3 is 24.1 Å². The van der Waals surface area contributed by atoms with Crippen LogP contribution in [0.25, 0.3) is 0 Å². The largest absolute Gasteiger partial charge is 0.464 e. The number of carbonyl (C=O) groups is 2. The maximum Gasteiger partial charge on any atom is 0.358 e. The number of likely N-dealkylation sites (N-methyl/N-ethyl adjacent to an activating group) is 1. The van der Waals surface area contributed by atoms with Crippen molar-refractivity contribution in [2.24, 2.45) is 0 Å². The highest BCUT2D eigenvalue weighted by Crippen LogP contribution is 2.25. The van der Waals surface area contributed by atoms with Gasteiger partial charge >= 0.3 is 12.0 Å². The Balaban J connectivity index is 1.89. The molecule has 2 aromatic rings. The summed E-state index contributed by atoms with van der Waals surface area (Å²) in [6.07, 6.45) is 0. The standard InChI is InChI=1S/C18H21Cl2N5O3S/c1-23-5-7-24(8-6-23)17(27)21-15-14(16(26)28-2)25(18(29)22-15)10-11-3-4-12(19)13(20)9-11/h3-4,9H,5-8,10H2,1-2H3,(H,21,27)(H,22,29). The summed E-state index contributed by atoms with van der Waals surface area (Å²) in [5.41, 5.74) is 0.919. The van der Waals surface area contributed by atoms with Gasteiger partial charge in [-0.25, -0.2) is 9.59 Å². The van der Waals surface area contributed by atoms with Crippen LogP contribution in [0, 0.1) is 4.77 Å². The maximum atomic E-state index is 12.6. The van der Waals surface area contributed by atoms with Crippen LogP contribution in [0.15, 0.2) is 18.2 Å². The number of piperazine rings is 1. The molecular weight excluding hydrogens is 437 g/mol. The fourth-order valence-electron chi connectivity index (χ4n) is 3.04. The molecule has 0 atom stereocenters. The van der Waals surface area contributed by atoms with Gasteiger partial charge in [-0.3, -0.25) is 5.32 Å². The van der Waals surface area contributed by atoms with Gasteiger partial charge in [-0.05, 0) is 37.0 Å². The van der Waals surface area contributed by atoms with E-state index >= 15 is 0 Å². The summed E-state index contributed by atoms with van der Waals surface area (Å²) in [5, 5.41) is 3.58. The van der Waals surface area contributed by atoms with Gasteiger partial charge in [-0.15, -0.1) is 0 Å². The zero-order valence-electron chi connectivity index (χ0n) is 16.0. The van der Waals surface area contributed by atoms with Crippen LogP contribution in [-0.2, 0) is 11.3 Å². The molecule has 0 unspecified atom stereocenters. The molecule has 0 bridgehead atoms. The molecule has 1 aliphatic rings. The smallest absolute Gasteiger partial charge is 0.358 e. The number of methoxy groups -OCH3 is 1. The number of esters is 1. The Kier molecular flexibility index (Phi) is 6.84. The molecule has 0 radical (unpaired) electrons. The van der Waals surface area contributed by atoms with Crippen molar-refractivity contribution in [2.45, 2.75) is 6.54 Å². The number of hydrogen-bond acceptors (Lipinski definition) is 5. The molecule has 1 aromatic carbocycles. The number of nitrogens with zero attached hydrogens (tertiary/aromatic N) is 3. The van der Waals surface area contributed by atoms with E-state index in [0.29, 0.717) is 23.1 Å². The van der Waals surface area contributed by atoms with Gasteiger partial charge in [0.05, 0.1) is 23.7 Å². The number of amides is 2. The second-order valence-corrected chi connectivity index (χ2v) is 7.90. The molecule has 2 amide bonds. The van der Waals surface area contributed by atoms with E-state index in [1.54, 1.807) is 27.7 Å². The number of rotatable bonds is 4. The molecule has 2 N–H and O–H groups in total. The Bertz CT molecular complexity index is 982. The summed E-state index contributed by atoms with van der Waals surface area (Å²) in [6, 6.07) is 4.85. The van der Waals surface area contributed by atoms with Crippen LogP contribution in [0.3, 0.4) is 0 Å². The number of anilines is 1. The lowest BCUT2D eigenvalue weighted by Crippen LogP contribution is -2.48. The lowest BCUT2D eigenvalue weighted by molar-refractivity contribution is 0.0590. The number of hydrogen-bond donors (Lipinski definition) is 2. The lowest BCUT2D eigenvalue weighted by Gasteiger charge is -2.32. The van der Waals surface area contributed by atoms with Crippen LogP contribution in [0.2, 0.25) is 10.0 Å². The van der Waals surface area contributed by atoms with Crippen LogP contribution in [-0.4, -0.2) is 71.7 Å². The van der Waals surface area contributed by atoms with Gasteiger partial charge in [0.25, 0.3) is 0 Å². The monoisotopic (exact) mass is 457 g/mol. The minimum Gasteiger partial charge on any atom is -0.464 e. The number of imidazole rings is 1. The fraction of sp³-hybridized carbons (Fsp3) is 0.389. The van der Waals surface area contributed by atoms with Crippen molar-refractivity contribution in [3.05, 3.63) is 44.3 Å². The summed E-state index contributed by atoms with van der Waals surface area (Å²) in [4.78, 5) is 31.8. The number of H-pyrrole nitrogens is 1. The molecule has 156 valence electrons. The Morgan fingerprint density at radius 1 is 1.21 bits per heavy atom. The molecule has 8 nitrogen and oxygen atoms in total. The molecule has 0 saturated carbocycles. The van der Waals surface area contributed by atoms with Crippen molar-refractivity contribution in [2.75, 3.05) is 45.7 Å². The van der Waals surface area contributed by atoms with E-state index in [1.807, 2.05) is 7.05 Å². The first kappa shape index (κ1) is 21.6. The molecule has 1 aromatic heterocycles. The van der Waals surface area contributed by atoms with E-state index in [4.69, 9.17) is 40.2 Å². The average Bonchev–Trinajstić information content (AvgIpc) is 2.99. The van der Waals surface area contributed by atoms with Gasteiger partial charge in [0.2, 0.25) is 0 Å². The van der Waals surface area contributed by atoms with Gasteiger partial charge in [0.1, 0.15) is 5.82 Å². The van der Waals surface area contributed by atoms with Crippen LogP contribution >= 0.6 is 35.4 Å². The normalized spacial score (nSPS) is 14.7. The highest BCUT2D eigenvalue weighted by atomic mass is 35.5. The number of aromatic amines is 1. The fourth-order valence-corrected chi connectivity index (χ4v) is 3.62. The number of carbonyl (C=O) groups excluding carboxylic acids is 2. The number of benzene rings is 1. The van der Waals surface area contributed by atoms with Gasteiger partial charge in [0, 0.05) is 26.2 Å². The summed E-state index contributed by atoms with van der Waals surface area (Å²) in [5.74, 6) is -0.420. The van der Waals surface area contributed by atoms with Crippen molar-refractivity contribution in [3.63, 3.8) is 0 Å². The van der Waals surface area contributed by atoms with Gasteiger partial charge in [-0.1, -0.05) is 29.3 Å². The summed E-state index contributed by atoms with van der Waals surface area (Å²) >= 11 is 17.4. The first-order valence-electron chi connectivity index (χ1n) is 8.89. The zero-order chi connectivity index (χ0) is 21.1. The molecule has 0 spiro atoms. The molecule has 1 aliphatic heterocycles. The van der Waals surface area contributed by atoms with Crippen molar-refractivity contribution in [1.29, 1.82) is 0 Å². The second kappa shape index (κ2) is 9.17. The first-order chi connectivity index (χ1) is 13.8. The Hall–Kier alpha value is -2.07. The predicted octanol–water partition coefficient (Wildman–Crippen LogP) is 3.47. The maximum absolute atomic E-state index is 12.6. The van der Waals surface area contributed by atoms with Crippen molar-refractivity contribution in [3.8, 4) is 0 Å². The molecular formula is C18H21Cl2N5O3S. The molecule has 1 saturated heterocycles. The molecule has 11 heteroatoms. The first-order valence-corrected chi connectivity index (χ1v) is 10.1. The number of halogens is 2. The number of ether oxygens (including phenoxy) is 1. The summed E-state index contributed by atoms with van der Waals surface area (Å²) in [7, 11) is 3.28. The Morgan fingerprint density at radius 2 is 1.90 bits per heavy atom. The minimum absolute atomic E-state index is 0.131. The molecule has 1 fully saturated rings. The number of aromatic nitrogens is 2. The summed E-state index contributed by atoms with van der Waals surface area (Å²) < 4.78 is 6.73. The van der Waals surface area contributed by atoms with E-state index in [0.717, 1.165) is 18.7 Å². The highest BCUT2D eigenvalue weighted by molar-refractivity contribution is 7.71. The average molecular weight is 458 g/mol. The number of urea groups is 1. The lowest BCUT2D eigenvalue weighted by atomic mass is 10.2. The Morgan fingerprint density at radius 3 is 2.52 bits per heavy atom. The molecule has 3 rings (SSSR count). The highest BCUT2D eigenvalue weighted by Gasteiger charge is 2.25. The molecule has 0 aliphatic carbocycles. The third kappa shape index (κ3) is 4.92. The second-order valence-electron chi connectivity index (χ2n) is 6.70. The van der Waals surface area contributed by atoms with Crippen LogP contribution < -0.4 is 5.32 Å². The van der Waals surface area contributed by atoms with Crippen molar-refractivity contribution < 1.29 is 14.3 Å². The topological polar surface area (TPSA) is 82.6 Å². The Labute approximate surface area is 183 Å². The van der Waals surface area contributed by atoms with E-state index in [1.165, 1.54) is 7.11 Å². The molecule has 29 heavy (non-hydrogen) atoms. The predicted molar refractivity (Wildman–Crippen MR) is 115 cm³/mol. The number of nitrogens with one attached hydrogen (secondary N) is 2. The van der Waals surface area contributed by atoms with E-state index in [9.17, 15) is 9.59 Å². The van der Waals surface area contributed by atoms with Crippen molar-refractivity contribution in [1.82, 2.24) is 19.4 Å². The van der Waals surface area contributed by atoms with E-state index < -0.39 is 5.97 Å². The SMILES string of the molecule is COC(=O)c1c(NC(=O)N2CCN(C)CC2)[nH]c(=S)n1Cc1ccc(Cl)c(Cl)c1. The minimum atomic E-state index is -0.619. The van der Waals surface area contributed by atoms with Crippen LogP contribution in [0.1, 0.15) is 16.1 Å². The van der Waals surface area contributed by atoms with Crippen LogP contribution in [0.4, 0.5) is 10.6 Å². The van der Waals surface area contributed by atoms with Gasteiger partial charge in [0.15, 0.2) is 10.5 Å². The third-order valence-corrected chi connectivity index (χ3v) is 5.77. The van der Waals surface area contributed by atoms with Crippen LogP contribution in [0.5, 0.6) is 0 Å². The van der Waals surface area contributed by atoms with E-state index in [2.05, 4.69) is 15.2 Å².